The number of aromatic nitrogens is 2. The maximum atomic E-state index is 11.5. The molecule has 5 heteroatoms. The molecule has 1 aromatic heterocycles. The molecule has 0 atom stereocenters. The van der Waals surface area contributed by atoms with Crippen molar-refractivity contribution in [2.75, 3.05) is 0 Å². The molecular weight excluding hydrogens is 408 g/mol. The standard InChI is InChI=1S/C26H35ClN2O2/c1-3-5-6-7-19-8-10-20(11-9-19)12-13-21-17-28-26(29-18-21)22-14-15-24(23(27)16-22)31-25(30)4-2/h14-20H,3-13H2,1-2H3/t19-,20-. The summed E-state index contributed by atoms with van der Waals surface area (Å²) in [7, 11) is 0. The van der Waals surface area contributed by atoms with Crippen LogP contribution in [-0.4, -0.2) is 15.9 Å². The maximum Gasteiger partial charge on any atom is 0.310 e. The molecule has 0 unspecified atom stereocenters. The number of unbranched alkanes of at least 4 members (excludes halogenated alkanes) is 2. The number of halogens is 1. The highest BCUT2D eigenvalue weighted by Crippen LogP contribution is 2.34. The van der Waals surface area contributed by atoms with Gasteiger partial charge < -0.3 is 4.74 Å². The van der Waals surface area contributed by atoms with Crippen LogP contribution in [0.3, 0.4) is 0 Å². The second-order valence-electron chi connectivity index (χ2n) is 8.81. The smallest absolute Gasteiger partial charge is 0.310 e. The first-order valence-electron chi connectivity index (χ1n) is 11.9. The summed E-state index contributed by atoms with van der Waals surface area (Å²) in [5.41, 5.74) is 2.00. The van der Waals surface area contributed by atoms with Gasteiger partial charge in [-0.2, -0.15) is 0 Å². The summed E-state index contributed by atoms with van der Waals surface area (Å²) in [5.74, 6) is 2.51. The number of hydrogen-bond acceptors (Lipinski definition) is 4. The van der Waals surface area contributed by atoms with Crippen molar-refractivity contribution in [1.82, 2.24) is 9.97 Å². The third-order valence-corrected chi connectivity index (χ3v) is 6.73. The second-order valence-corrected chi connectivity index (χ2v) is 9.22. The largest absolute Gasteiger partial charge is 0.425 e. The van der Waals surface area contributed by atoms with Crippen LogP contribution in [0.25, 0.3) is 11.4 Å². The van der Waals surface area contributed by atoms with Crippen LogP contribution in [0.5, 0.6) is 5.75 Å². The lowest BCUT2D eigenvalue weighted by Crippen LogP contribution is -2.15. The van der Waals surface area contributed by atoms with E-state index in [0.717, 1.165) is 23.8 Å². The molecule has 0 N–H and O–H groups in total. The van der Waals surface area contributed by atoms with Crippen molar-refractivity contribution in [2.24, 2.45) is 11.8 Å². The first-order chi connectivity index (χ1) is 15.1. The Hall–Kier alpha value is -1.94. The number of carbonyl (C=O) groups excluding carboxylic acids is 1. The molecule has 1 saturated carbocycles. The minimum Gasteiger partial charge on any atom is -0.425 e. The Morgan fingerprint density at radius 3 is 2.32 bits per heavy atom. The SMILES string of the molecule is CCCCC[C@H]1CC[C@H](CCc2cnc(-c3ccc(OC(=O)CC)c(Cl)c3)nc2)CC1. The van der Waals surface area contributed by atoms with E-state index in [1.165, 1.54) is 63.4 Å². The summed E-state index contributed by atoms with van der Waals surface area (Å²) in [5, 5.41) is 0.386. The number of carbonyl (C=O) groups is 1. The van der Waals surface area contributed by atoms with Gasteiger partial charge in [0.1, 0.15) is 5.75 Å². The third kappa shape index (κ3) is 7.31. The lowest BCUT2D eigenvalue weighted by molar-refractivity contribution is -0.134. The van der Waals surface area contributed by atoms with Gasteiger partial charge in [0, 0.05) is 24.4 Å². The monoisotopic (exact) mass is 442 g/mol. The van der Waals surface area contributed by atoms with Crippen molar-refractivity contribution in [3.63, 3.8) is 0 Å². The Morgan fingerprint density at radius 1 is 1.03 bits per heavy atom. The minimum atomic E-state index is -0.305. The van der Waals surface area contributed by atoms with Gasteiger partial charge in [0.15, 0.2) is 5.82 Å². The zero-order valence-corrected chi connectivity index (χ0v) is 19.7. The third-order valence-electron chi connectivity index (χ3n) is 6.43. The second kappa shape index (κ2) is 12.2. The van der Waals surface area contributed by atoms with Crippen molar-refractivity contribution in [2.45, 2.75) is 84.5 Å². The zero-order valence-electron chi connectivity index (χ0n) is 18.9. The zero-order chi connectivity index (χ0) is 22.1. The minimum absolute atomic E-state index is 0.305. The molecule has 1 aromatic carbocycles. The van der Waals surface area contributed by atoms with Crippen LogP contribution in [-0.2, 0) is 11.2 Å². The van der Waals surface area contributed by atoms with Crippen LogP contribution in [0.4, 0.5) is 0 Å². The number of rotatable bonds is 10. The molecule has 1 aliphatic carbocycles. The summed E-state index contributed by atoms with van der Waals surface area (Å²) in [4.78, 5) is 20.5. The topological polar surface area (TPSA) is 52.1 Å². The number of benzene rings is 1. The number of nitrogens with zero attached hydrogens (tertiary/aromatic N) is 2. The molecule has 168 valence electrons. The number of esters is 1. The van der Waals surface area contributed by atoms with Crippen molar-refractivity contribution in [1.29, 1.82) is 0 Å². The van der Waals surface area contributed by atoms with Crippen LogP contribution in [0.2, 0.25) is 5.02 Å². The fraction of sp³-hybridized carbons (Fsp3) is 0.577. The summed E-state index contributed by atoms with van der Waals surface area (Å²) < 4.78 is 5.21. The fourth-order valence-corrected chi connectivity index (χ4v) is 4.63. The molecule has 0 bridgehead atoms. The fourth-order valence-electron chi connectivity index (χ4n) is 4.41. The predicted molar refractivity (Wildman–Crippen MR) is 126 cm³/mol. The van der Waals surface area contributed by atoms with E-state index >= 15 is 0 Å². The predicted octanol–water partition coefficient (Wildman–Crippen LogP) is 7.43. The molecule has 4 nitrogen and oxygen atoms in total. The Morgan fingerprint density at radius 2 is 1.71 bits per heavy atom. The van der Waals surface area contributed by atoms with E-state index in [1.807, 2.05) is 18.5 Å². The van der Waals surface area contributed by atoms with Crippen LogP contribution in [0.1, 0.15) is 83.6 Å². The van der Waals surface area contributed by atoms with Crippen LogP contribution < -0.4 is 4.74 Å². The molecule has 0 amide bonds. The summed E-state index contributed by atoms with van der Waals surface area (Å²) in [6.45, 7) is 4.03. The van der Waals surface area contributed by atoms with Gasteiger partial charge in [-0.1, -0.05) is 76.8 Å². The molecule has 0 saturated heterocycles. The van der Waals surface area contributed by atoms with Gasteiger partial charge in [-0.05, 0) is 48.4 Å². The van der Waals surface area contributed by atoms with Crippen LogP contribution in [0.15, 0.2) is 30.6 Å². The summed E-state index contributed by atoms with van der Waals surface area (Å²) >= 11 is 6.26. The lowest BCUT2D eigenvalue weighted by Gasteiger charge is -2.28. The van der Waals surface area contributed by atoms with Crippen molar-refractivity contribution < 1.29 is 9.53 Å². The van der Waals surface area contributed by atoms with Gasteiger partial charge in [0.25, 0.3) is 0 Å². The number of aryl methyl sites for hydroxylation is 1. The van der Waals surface area contributed by atoms with Crippen molar-refractivity contribution in [3.8, 4) is 17.1 Å². The molecule has 0 radical (unpaired) electrons. The highest BCUT2D eigenvalue weighted by Gasteiger charge is 2.20. The molecule has 1 aliphatic rings. The van der Waals surface area contributed by atoms with E-state index in [0.29, 0.717) is 23.0 Å². The Kier molecular flexibility index (Phi) is 9.32. The first kappa shape index (κ1) is 23.7. The van der Waals surface area contributed by atoms with E-state index in [1.54, 1.807) is 19.1 Å². The van der Waals surface area contributed by atoms with E-state index in [4.69, 9.17) is 16.3 Å². The highest BCUT2D eigenvalue weighted by atomic mass is 35.5. The number of hydrogen-bond donors (Lipinski definition) is 0. The molecule has 1 fully saturated rings. The van der Waals surface area contributed by atoms with Gasteiger partial charge in [-0.15, -0.1) is 0 Å². The first-order valence-corrected chi connectivity index (χ1v) is 12.3. The molecule has 1 heterocycles. The molecule has 0 aliphatic heterocycles. The average Bonchev–Trinajstić information content (AvgIpc) is 2.80. The van der Waals surface area contributed by atoms with Crippen molar-refractivity contribution in [3.05, 3.63) is 41.2 Å². The number of ether oxygens (including phenoxy) is 1. The Labute approximate surface area is 191 Å². The Balaban J connectivity index is 1.47. The van der Waals surface area contributed by atoms with Crippen LogP contribution in [0, 0.1) is 11.8 Å². The molecule has 0 spiro atoms. The van der Waals surface area contributed by atoms with Crippen LogP contribution >= 0.6 is 11.6 Å². The van der Waals surface area contributed by atoms with Crippen molar-refractivity contribution >= 4 is 17.6 Å². The van der Waals surface area contributed by atoms with Gasteiger partial charge in [-0.3, -0.25) is 4.79 Å². The lowest BCUT2D eigenvalue weighted by atomic mass is 9.78. The van der Waals surface area contributed by atoms with Gasteiger partial charge in [0.2, 0.25) is 0 Å². The van der Waals surface area contributed by atoms with Gasteiger partial charge >= 0.3 is 5.97 Å². The normalized spacial score (nSPS) is 18.7. The molecule has 2 aromatic rings. The van der Waals surface area contributed by atoms with E-state index in [-0.39, 0.29) is 5.97 Å². The highest BCUT2D eigenvalue weighted by molar-refractivity contribution is 6.32. The molecule has 3 rings (SSSR count). The van der Waals surface area contributed by atoms with Gasteiger partial charge in [0.05, 0.1) is 5.02 Å². The maximum absolute atomic E-state index is 11.5. The summed E-state index contributed by atoms with van der Waals surface area (Å²) in [6.07, 6.45) is 17.6. The molecule has 31 heavy (non-hydrogen) atoms. The van der Waals surface area contributed by atoms with E-state index in [9.17, 15) is 4.79 Å². The Bertz CT molecular complexity index is 830. The average molecular weight is 443 g/mol. The molecular formula is C26H35ClN2O2. The van der Waals surface area contributed by atoms with Gasteiger partial charge in [-0.25, -0.2) is 9.97 Å². The quantitative estimate of drug-likeness (QED) is 0.218. The summed E-state index contributed by atoms with van der Waals surface area (Å²) in [6, 6.07) is 5.27. The van der Waals surface area contributed by atoms with E-state index < -0.39 is 0 Å². The van der Waals surface area contributed by atoms with E-state index in [2.05, 4.69) is 16.9 Å².